The van der Waals surface area contributed by atoms with Crippen LogP contribution in [0.2, 0.25) is 0 Å². The van der Waals surface area contributed by atoms with Crippen LogP contribution in [0, 0.1) is 13.8 Å². The van der Waals surface area contributed by atoms with Gasteiger partial charge in [-0.25, -0.2) is 13.2 Å². The molecule has 0 saturated carbocycles. The standard InChI is InChI=1S/C20H23NO4S/c1-15-6-9-18(14-16(15)2)25-20(22)17-7-10-19(11-8-17)26(23,24)21-12-4-3-5-13-21/h6-11,14H,3-5,12-13H2,1-2H3. The number of carbonyl (C=O) groups is 1. The molecular formula is C20H23NO4S. The van der Waals surface area contributed by atoms with E-state index in [0.29, 0.717) is 24.4 Å². The Labute approximate surface area is 154 Å². The van der Waals surface area contributed by atoms with Gasteiger partial charge in [0, 0.05) is 13.1 Å². The van der Waals surface area contributed by atoms with E-state index in [-0.39, 0.29) is 4.90 Å². The van der Waals surface area contributed by atoms with E-state index in [4.69, 9.17) is 4.74 Å². The van der Waals surface area contributed by atoms with Crippen LogP contribution in [0.4, 0.5) is 0 Å². The predicted octanol–water partition coefficient (Wildman–Crippen LogP) is 3.70. The van der Waals surface area contributed by atoms with Crippen molar-refractivity contribution in [3.05, 3.63) is 59.2 Å². The Morgan fingerprint density at radius 2 is 1.58 bits per heavy atom. The van der Waals surface area contributed by atoms with Crippen molar-refractivity contribution in [1.82, 2.24) is 4.31 Å². The van der Waals surface area contributed by atoms with Crippen molar-refractivity contribution in [2.75, 3.05) is 13.1 Å². The number of hydrogen-bond donors (Lipinski definition) is 0. The Morgan fingerprint density at radius 1 is 0.923 bits per heavy atom. The number of nitrogens with zero attached hydrogens (tertiary/aromatic N) is 1. The fraction of sp³-hybridized carbons (Fsp3) is 0.350. The van der Waals surface area contributed by atoms with Crippen molar-refractivity contribution >= 4 is 16.0 Å². The molecule has 2 aromatic rings. The lowest BCUT2D eigenvalue weighted by Crippen LogP contribution is -2.35. The van der Waals surface area contributed by atoms with Gasteiger partial charge >= 0.3 is 5.97 Å². The Balaban J connectivity index is 1.74. The normalized spacial score (nSPS) is 15.6. The number of rotatable bonds is 4. The van der Waals surface area contributed by atoms with Crippen molar-refractivity contribution in [1.29, 1.82) is 0 Å². The minimum absolute atomic E-state index is 0.210. The van der Waals surface area contributed by atoms with Crippen LogP contribution in [-0.4, -0.2) is 31.8 Å². The second-order valence-electron chi connectivity index (χ2n) is 6.62. The molecule has 1 aliphatic rings. The summed E-state index contributed by atoms with van der Waals surface area (Å²) in [5, 5.41) is 0. The Hall–Kier alpha value is -2.18. The number of benzene rings is 2. The van der Waals surface area contributed by atoms with Gasteiger partial charge in [-0.2, -0.15) is 4.31 Å². The average Bonchev–Trinajstić information content (AvgIpc) is 2.65. The molecule has 0 atom stereocenters. The summed E-state index contributed by atoms with van der Waals surface area (Å²) in [6.07, 6.45) is 2.84. The smallest absolute Gasteiger partial charge is 0.343 e. The third-order valence-electron chi connectivity index (χ3n) is 4.73. The number of sulfonamides is 1. The van der Waals surface area contributed by atoms with Gasteiger partial charge in [-0.05, 0) is 74.2 Å². The van der Waals surface area contributed by atoms with Crippen LogP contribution in [0.3, 0.4) is 0 Å². The molecule has 3 rings (SSSR count). The third-order valence-corrected chi connectivity index (χ3v) is 6.64. The average molecular weight is 373 g/mol. The summed E-state index contributed by atoms with van der Waals surface area (Å²) in [5.41, 5.74) is 2.48. The van der Waals surface area contributed by atoms with E-state index < -0.39 is 16.0 Å². The highest BCUT2D eigenvalue weighted by Gasteiger charge is 2.26. The largest absolute Gasteiger partial charge is 0.423 e. The molecule has 0 unspecified atom stereocenters. The number of piperidine rings is 1. The first-order valence-corrected chi connectivity index (χ1v) is 10.2. The van der Waals surface area contributed by atoms with E-state index in [0.717, 1.165) is 30.4 Å². The molecule has 0 bridgehead atoms. The lowest BCUT2D eigenvalue weighted by molar-refractivity contribution is 0.0734. The van der Waals surface area contributed by atoms with Crippen molar-refractivity contribution in [2.45, 2.75) is 38.0 Å². The van der Waals surface area contributed by atoms with Crippen LogP contribution in [0.5, 0.6) is 5.75 Å². The number of aryl methyl sites for hydroxylation is 2. The number of esters is 1. The predicted molar refractivity (Wildman–Crippen MR) is 99.9 cm³/mol. The van der Waals surface area contributed by atoms with Gasteiger partial charge in [0.15, 0.2) is 0 Å². The van der Waals surface area contributed by atoms with Gasteiger partial charge < -0.3 is 4.74 Å². The highest BCUT2D eigenvalue weighted by Crippen LogP contribution is 2.22. The molecular weight excluding hydrogens is 350 g/mol. The van der Waals surface area contributed by atoms with Gasteiger partial charge in [0.2, 0.25) is 10.0 Å². The molecule has 0 spiro atoms. The van der Waals surface area contributed by atoms with Crippen LogP contribution in [0.15, 0.2) is 47.4 Å². The summed E-state index contributed by atoms with van der Waals surface area (Å²) in [5.74, 6) is -0.0294. The van der Waals surface area contributed by atoms with E-state index >= 15 is 0 Å². The molecule has 0 amide bonds. The Bertz CT molecular complexity index is 898. The maximum Gasteiger partial charge on any atom is 0.343 e. The van der Waals surface area contributed by atoms with E-state index in [1.54, 1.807) is 6.07 Å². The van der Waals surface area contributed by atoms with Crippen molar-refractivity contribution in [2.24, 2.45) is 0 Å². The van der Waals surface area contributed by atoms with Crippen LogP contribution in [0.25, 0.3) is 0 Å². The summed E-state index contributed by atoms with van der Waals surface area (Å²) in [6, 6.07) is 11.4. The molecule has 1 saturated heterocycles. The quantitative estimate of drug-likeness (QED) is 0.606. The van der Waals surface area contributed by atoms with Crippen LogP contribution in [0.1, 0.15) is 40.7 Å². The van der Waals surface area contributed by atoms with E-state index in [1.165, 1.54) is 28.6 Å². The molecule has 1 fully saturated rings. The maximum absolute atomic E-state index is 12.6. The summed E-state index contributed by atoms with van der Waals surface area (Å²) in [4.78, 5) is 12.5. The van der Waals surface area contributed by atoms with Gasteiger partial charge in [-0.1, -0.05) is 12.5 Å². The number of carbonyl (C=O) groups excluding carboxylic acids is 1. The molecule has 0 N–H and O–H groups in total. The van der Waals surface area contributed by atoms with Gasteiger partial charge in [-0.3, -0.25) is 0 Å². The first-order valence-electron chi connectivity index (χ1n) is 8.77. The minimum atomic E-state index is -3.49. The van der Waals surface area contributed by atoms with Gasteiger partial charge in [0.1, 0.15) is 5.75 Å². The molecule has 26 heavy (non-hydrogen) atoms. The summed E-state index contributed by atoms with van der Waals surface area (Å²) in [7, 11) is -3.49. The van der Waals surface area contributed by atoms with Crippen LogP contribution < -0.4 is 4.74 Å². The van der Waals surface area contributed by atoms with Crippen molar-refractivity contribution < 1.29 is 17.9 Å². The Morgan fingerprint density at radius 3 is 2.19 bits per heavy atom. The zero-order chi connectivity index (χ0) is 18.7. The van der Waals surface area contributed by atoms with Crippen molar-refractivity contribution in [3.8, 4) is 5.75 Å². The molecule has 1 aliphatic heterocycles. The lowest BCUT2D eigenvalue weighted by atomic mass is 10.1. The molecule has 5 nitrogen and oxygen atoms in total. The SMILES string of the molecule is Cc1ccc(OC(=O)c2ccc(S(=O)(=O)N3CCCCC3)cc2)cc1C. The number of ether oxygens (including phenoxy) is 1. The third kappa shape index (κ3) is 3.97. The fourth-order valence-electron chi connectivity index (χ4n) is 2.96. The molecule has 138 valence electrons. The van der Waals surface area contributed by atoms with E-state index in [2.05, 4.69) is 0 Å². The highest BCUT2D eigenvalue weighted by atomic mass is 32.2. The minimum Gasteiger partial charge on any atom is -0.423 e. The fourth-order valence-corrected chi connectivity index (χ4v) is 4.48. The first-order chi connectivity index (χ1) is 12.4. The van der Waals surface area contributed by atoms with Crippen LogP contribution in [-0.2, 0) is 10.0 Å². The molecule has 0 aromatic heterocycles. The molecule has 1 heterocycles. The van der Waals surface area contributed by atoms with Crippen molar-refractivity contribution in [3.63, 3.8) is 0 Å². The summed E-state index contributed by atoms with van der Waals surface area (Å²) >= 11 is 0. The monoisotopic (exact) mass is 373 g/mol. The molecule has 0 aliphatic carbocycles. The zero-order valence-corrected chi connectivity index (χ0v) is 15.9. The topological polar surface area (TPSA) is 63.7 Å². The lowest BCUT2D eigenvalue weighted by Gasteiger charge is -2.25. The maximum atomic E-state index is 12.6. The van der Waals surface area contributed by atoms with Gasteiger partial charge in [0.05, 0.1) is 10.5 Å². The zero-order valence-electron chi connectivity index (χ0n) is 15.1. The van der Waals surface area contributed by atoms with Gasteiger partial charge in [-0.15, -0.1) is 0 Å². The molecule has 6 heteroatoms. The second-order valence-corrected chi connectivity index (χ2v) is 8.56. The first kappa shape index (κ1) is 18.6. The van der Waals surface area contributed by atoms with Crippen LogP contribution >= 0.6 is 0 Å². The number of hydrogen-bond acceptors (Lipinski definition) is 4. The molecule has 0 radical (unpaired) electrons. The van der Waals surface area contributed by atoms with E-state index in [9.17, 15) is 13.2 Å². The summed E-state index contributed by atoms with van der Waals surface area (Å²) < 4.78 is 32.2. The molecule has 2 aromatic carbocycles. The summed E-state index contributed by atoms with van der Waals surface area (Å²) in [6.45, 7) is 5.05. The second kappa shape index (κ2) is 7.60. The van der Waals surface area contributed by atoms with E-state index in [1.807, 2.05) is 26.0 Å². The van der Waals surface area contributed by atoms with Gasteiger partial charge in [0.25, 0.3) is 0 Å². The highest BCUT2D eigenvalue weighted by molar-refractivity contribution is 7.89. The Kier molecular flexibility index (Phi) is 5.44.